The number of aryl methyl sites for hydroxylation is 2. The number of thiophene rings is 2. The van der Waals surface area contributed by atoms with Gasteiger partial charge in [-0.2, -0.15) is 0 Å². The Morgan fingerprint density at radius 3 is 2.31 bits per heavy atom. The van der Waals surface area contributed by atoms with Crippen molar-refractivity contribution in [2.75, 3.05) is 0 Å². The van der Waals surface area contributed by atoms with Crippen molar-refractivity contribution >= 4 is 66.1 Å². The first-order chi connectivity index (χ1) is 7.49. The molecule has 0 aliphatic carbocycles. The predicted octanol–water partition coefficient (Wildman–Crippen LogP) is 6.28. The maximum absolute atomic E-state index is 6.51. The molecule has 2 heterocycles. The summed E-state index contributed by atoms with van der Waals surface area (Å²) >= 11 is 17.0. The Bertz CT molecular complexity index is 497. The van der Waals surface area contributed by atoms with Gasteiger partial charge in [0.15, 0.2) is 0 Å². The first-order valence-corrected chi connectivity index (χ1v) is 8.30. The van der Waals surface area contributed by atoms with Crippen molar-refractivity contribution in [1.29, 1.82) is 0 Å². The summed E-state index contributed by atoms with van der Waals surface area (Å²) in [5.41, 5.74) is 1.28. The van der Waals surface area contributed by atoms with Crippen LogP contribution < -0.4 is 0 Å². The van der Waals surface area contributed by atoms with Crippen LogP contribution >= 0.6 is 66.1 Å². The molecule has 0 aromatic carbocycles. The SMILES string of the molecule is Cc1cc(C)c(C(Cl)c2cc(Br)c(Br)s2)s1. The van der Waals surface area contributed by atoms with E-state index in [-0.39, 0.29) is 5.38 Å². The van der Waals surface area contributed by atoms with Gasteiger partial charge in [-0.1, -0.05) is 0 Å². The maximum Gasteiger partial charge on any atom is 0.102 e. The van der Waals surface area contributed by atoms with E-state index in [1.807, 2.05) is 0 Å². The summed E-state index contributed by atoms with van der Waals surface area (Å²) in [6.07, 6.45) is 0. The second-order valence-corrected chi connectivity index (χ2v) is 8.52. The lowest BCUT2D eigenvalue weighted by atomic mass is 10.2. The first kappa shape index (κ1) is 13.1. The molecule has 86 valence electrons. The molecule has 0 amide bonds. The van der Waals surface area contributed by atoms with E-state index in [4.69, 9.17) is 11.6 Å². The van der Waals surface area contributed by atoms with Crippen LogP contribution in [-0.4, -0.2) is 0 Å². The van der Waals surface area contributed by atoms with Gasteiger partial charge in [0, 0.05) is 19.1 Å². The van der Waals surface area contributed by atoms with Crippen LogP contribution in [0.4, 0.5) is 0 Å². The van der Waals surface area contributed by atoms with Crippen LogP contribution in [0.25, 0.3) is 0 Å². The molecule has 0 saturated heterocycles. The number of rotatable bonds is 2. The largest absolute Gasteiger partial charge is 0.143 e. The van der Waals surface area contributed by atoms with Gasteiger partial charge in [-0.15, -0.1) is 34.3 Å². The monoisotopic (exact) mass is 398 g/mol. The van der Waals surface area contributed by atoms with E-state index in [0.717, 1.165) is 8.26 Å². The molecule has 0 aliphatic rings. The molecule has 2 aromatic heterocycles. The molecular weight excluding hydrogens is 392 g/mol. The minimum absolute atomic E-state index is 0.0358. The second-order valence-electron chi connectivity index (χ2n) is 3.54. The van der Waals surface area contributed by atoms with Gasteiger partial charge >= 0.3 is 0 Å². The predicted molar refractivity (Wildman–Crippen MR) is 81.2 cm³/mol. The van der Waals surface area contributed by atoms with E-state index in [1.54, 1.807) is 22.7 Å². The highest BCUT2D eigenvalue weighted by Gasteiger charge is 2.19. The molecule has 5 heteroatoms. The smallest absolute Gasteiger partial charge is 0.102 e. The molecule has 16 heavy (non-hydrogen) atoms. The molecule has 0 N–H and O–H groups in total. The molecule has 0 radical (unpaired) electrons. The summed E-state index contributed by atoms with van der Waals surface area (Å²) < 4.78 is 2.17. The minimum Gasteiger partial charge on any atom is -0.143 e. The Kier molecular flexibility index (Phi) is 4.18. The lowest BCUT2D eigenvalue weighted by Gasteiger charge is -2.05. The van der Waals surface area contributed by atoms with Crippen LogP contribution in [0.2, 0.25) is 0 Å². The fourth-order valence-corrected chi connectivity index (χ4v) is 5.22. The van der Waals surface area contributed by atoms with E-state index in [9.17, 15) is 0 Å². The number of hydrogen-bond donors (Lipinski definition) is 0. The highest BCUT2D eigenvalue weighted by atomic mass is 79.9. The van der Waals surface area contributed by atoms with Gasteiger partial charge in [0.25, 0.3) is 0 Å². The van der Waals surface area contributed by atoms with Gasteiger partial charge in [-0.3, -0.25) is 0 Å². The number of alkyl halides is 1. The van der Waals surface area contributed by atoms with E-state index in [2.05, 4.69) is 57.8 Å². The Hall–Kier alpha value is 0.650. The average molecular weight is 401 g/mol. The van der Waals surface area contributed by atoms with Crippen LogP contribution in [0.15, 0.2) is 20.4 Å². The van der Waals surface area contributed by atoms with Crippen LogP contribution in [0.3, 0.4) is 0 Å². The molecule has 0 spiro atoms. The zero-order chi connectivity index (χ0) is 11.9. The number of halogens is 3. The fourth-order valence-electron chi connectivity index (χ4n) is 1.53. The molecule has 0 aliphatic heterocycles. The molecule has 0 nitrogen and oxygen atoms in total. The van der Waals surface area contributed by atoms with Gasteiger partial charge in [0.1, 0.15) is 5.38 Å². The third-order valence-electron chi connectivity index (χ3n) is 2.22. The lowest BCUT2D eigenvalue weighted by molar-refractivity contribution is 1.20. The topological polar surface area (TPSA) is 0 Å². The Morgan fingerprint density at radius 1 is 1.19 bits per heavy atom. The van der Waals surface area contributed by atoms with Crippen molar-refractivity contribution in [2.24, 2.45) is 0 Å². The van der Waals surface area contributed by atoms with Gasteiger partial charge < -0.3 is 0 Å². The molecule has 0 saturated carbocycles. The highest BCUT2D eigenvalue weighted by Crippen LogP contribution is 2.43. The van der Waals surface area contributed by atoms with Crippen molar-refractivity contribution in [2.45, 2.75) is 19.2 Å². The van der Waals surface area contributed by atoms with Gasteiger partial charge in [-0.05, 0) is 63.4 Å². The zero-order valence-corrected chi connectivity index (χ0v) is 14.2. The normalized spacial score (nSPS) is 13.1. The third-order valence-corrected chi connectivity index (χ3v) is 7.47. The van der Waals surface area contributed by atoms with Crippen molar-refractivity contribution in [3.63, 3.8) is 0 Å². The fraction of sp³-hybridized carbons (Fsp3) is 0.273. The Balaban J connectivity index is 2.38. The van der Waals surface area contributed by atoms with Crippen molar-refractivity contribution in [1.82, 2.24) is 0 Å². The molecule has 2 aromatic rings. The zero-order valence-electron chi connectivity index (χ0n) is 8.68. The molecule has 2 rings (SSSR count). The van der Waals surface area contributed by atoms with E-state index >= 15 is 0 Å². The second kappa shape index (κ2) is 5.11. The molecule has 0 fully saturated rings. The molecule has 1 unspecified atom stereocenters. The maximum atomic E-state index is 6.51. The van der Waals surface area contributed by atoms with Crippen LogP contribution in [-0.2, 0) is 0 Å². The van der Waals surface area contributed by atoms with Gasteiger partial charge in [0.2, 0.25) is 0 Å². The quantitative estimate of drug-likeness (QED) is 0.521. The standard InChI is InChI=1S/C11H9Br2ClS2/c1-5-3-6(2)15-10(5)9(14)8-4-7(12)11(13)16-8/h3-4,9H,1-2H3. The average Bonchev–Trinajstić information content (AvgIpc) is 2.70. The van der Waals surface area contributed by atoms with Gasteiger partial charge in [0.05, 0.1) is 3.79 Å². The first-order valence-electron chi connectivity index (χ1n) is 4.64. The van der Waals surface area contributed by atoms with E-state index in [0.29, 0.717) is 0 Å². The summed E-state index contributed by atoms with van der Waals surface area (Å²) in [6.45, 7) is 4.23. The van der Waals surface area contributed by atoms with Gasteiger partial charge in [-0.25, -0.2) is 0 Å². The summed E-state index contributed by atoms with van der Waals surface area (Å²) in [4.78, 5) is 3.73. The number of hydrogen-bond acceptors (Lipinski definition) is 2. The molecule has 0 bridgehead atoms. The van der Waals surface area contributed by atoms with E-state index < -0.39 is 0 Å². The van der Waals surface area contributed by atoms with Crippen LogP contribution in [0, 0.1) is 13.8 Å². The van der Waals surface area contributed by atoms with Crippen LogP contribution in [0.1, 0.15) is 25.6 Å². The summed E-state index contributed by atoms with van der Waals surface area (Å²) in [5, 5.41) is -0.0358. The summed E-state index contributed by atoms with van der Waals surface area (Å²) in [7, 11) is 0. The van der Waals surface area contributed by atoms with Crippen molar-refractivity contribution in [3.05, 3.63) is 40.6 Å². The lowest BCUT2D eigenvalue weighted by Crippen LogP contribution is -1.87. The van der Waals surface area contributed by atoms with Crippen molar-refractivity contribution in [3.8, 4) is 0 Å². The Morgan fingerprint density at radius 2 is 1.88 bits per heavy atom. The minimum atomic E-state index is -0.0358. The van der Waals surface area contributed by atoms with Crippen LogP contribution in [0.5, 0.6) is 0 Å². The van der Waals surface area contributed by atoms with Crippen molar-refractivity contribution < 1.29 is 0 Å². The van der Waals surface area contributed by atoms with E-state index in [1.165, 1.54) is 20.2 Å². The molecular formula is C11H9Br2ClS2. The Labute approximate surface area is 125 Å². The molecule has 1 atom stereocenters. The summed E-state index contributed by atoms with van der Waals surface area (Å²) in [6, 6.07) is 4.27. The highest BCUT2D eigenvalue weighted by molar-refractivity contribution is 9.13. The summed E-state index contributed by atoms with van der Waals surface area (Å²) in [5.74, 6) is 0. The third kappa shape index (κ3) is 2.56.